The molecule has 0 amide bonds. The van der Waals surface area contributed by atoms with E-state index in [0.29, 0.717) is 0 Å². The molecule has 0 unspecified atom stereocenters. The summed E-state index contributed by atoms with van der Waals surface area (Å²) in [4.78, 5) is 0. The Labute approximate surface area is 119 Å². The van der Waals surface area contributed by atoms with Gasteiger partial charge in [0, 0.05) is 0 Å². The summed E-state index contributed by atoms with van der Waals surface area (Å²) in [5, 5.41) is 3.03. The average molecular weight is 266 g/mol. The van der Waals surface area contributed by atoms with Gasteiger partial charge < -0.3 is 9.52 Å². The lowest BCUT2D eigenvalue weighted by Crippen LogP contribution is -2.34. The Balaban J connectivity index is 2.48. The number of benzene rings is 2. The molecule has 0 fully saturated rings. The molecular weight excluding hydrogens is 244 g/mol. The highest BCUT2D eigenvalue weighted by Crippen LogP contribution is 2.08. The Morgan fingerprint density at radius 3 is 1.05 bits per heavy atom. The van der Waals surface area contributed by atoms with Crippen molar-refractivity contribution in [2.24, 2.45) is 0 Å². The maximum atomic E-state index is 2.30. The Morgan fingerprint density at radius 2 is 0.789 bits per heavy atom. The van der Waals surface area contributed by atoms with E-state index in [1.165, 1.54) is 43.8 Å². The molecular formula is C18H22Si-. The van der Waals surface area contributed by atoms with E-state index in [4.69, 9.17) is 0 Å². The lowest BCUT2D eigenvalue weighted by molar-refractivity contribution is 1.34. The molecule has 0 aromatic heterocycles. The summed E-state index contributed by atoms with van der Waals surface area (Å²) >= 11 is 0. The Hall–Kier alpha value is -1.34. The average Bonchev–Trinajstić information content (AvgIpc) is 2.25. The first-order valence-corrected chi connectivity index (χ1v) is 7.81. The molecule has 2 rings (SSSR count). The predicted molar refractivity (Wildman–Crippen MR) is 86.3 cm³/mol. The fourth-order valence-corrected chi connectivity index (χ4v) is 4.21. The maximum absolute atomic E-state index is 2.30. The minimum atomic E-state index is 0.765. The Bertz CT molecular complexity index is 522. The third kappa shape index (κ3) is 2.98. The van der Waals surface area contributed by atoms with E-state index in [1.54, 1.807) is 0 Å². The quantitative estimate of drug-likeness (QED) is 0.732. The predicted octanol–water partition coefficient (Wildman–Crippen LogP) is 3.19. The number of rotatable bonds is 2. The van der Waals surface area contributed by atoms with E-state index in [-0.39, 0.29) is 0 Å². The van der Waals surface area contributed by atoms with Gasteiger partial charge in [0.1, 0.15) is 0 Å². The fourth-order valence-electron chi connectivity index (χ4n) is 2.88. The van der Waals surface area contributed by atoms with Crippen molar-refractivity contribution in [1.82, 2.24) is 0 Å². The molecule has 0 aliphatic heterocycles. The summed E-state index contributed by atoms with van der Waals surface area (Å²) in [7, 11) is 0.765. The maximum Gasteiger partial charge on any atom is -0.0398 e. The highest BCUT2D eigenvalue weighted by Gasteiger charge is 1.99. The van der Waals surface area contributed by atoms with E-state index in [2.05, 4.69) is 65.8 Å². The summed E-state index contributed by atoms with van der Waals surface area (Å²) in [6.45, 7) is 13.3. The van der Waals surface area contributed by atoms with E-state index < -0.39 is 0 Å². The first kappa shape index (κ1) is 14.1. The third-order valence-electron chi connectivity index (χ3n) is 3.60. The molecule has 1 radical (unpaired) electrons. The molecule has 0 aliphatic rings. The number of hydrogen-bond donors (Lipinski definition) is 0. The first-order valence-electron chi connectivity index (χ1n) is 6.81. The smallest absolute Gasteiger partial charge is 0.0398 e. The van der Waals surface area contributed by atoms with Gasteiger partial charge in [0.05, 0.1) is 0 Å². The van der Waals surface area contributed by atoms with Crippen LogP contribution in [-0.2, 0) is 0 Å². The van der Waals surface area contributed by atoms with Crippen molar-refractivity contribution < 1.29 is 0 Å². The standard InChI is InChI=1S/C18H22Si/c1-11-7-13(3)17(14(4)8-11)19-18-15(5)9-12(2)10-16(18)6/h7-10H,1-6H3/q-1. The van der Waals surface area contributed by atoms with E-state index in [0.717, 1.165) is 9.52 Å². The van der Waals surface area contributed by atoms with Gasteiger partial charge in [0.2, 0.25) is 0 Å². The minimum absolute atomic E-state index is 0.765. The summed E-state index contributed by atoms with van der Waals surface area (Å²) in [6, 6.07) is 9.20. The van der Waals surface area contributed by atoms with E-state index in [1.807, 2.05) is 0 Å². The van der Waals surface area contributed by atoms with E-state index >= 15 is 0 Å². The number of aryl methyl sites for hydroxylation is 6. The lowest BCUT2D eigenvalue weighted by Gasteiger charge is -2.29. The van der Waals surface area contributed by atoms with Crippen molar-refractivity contribution in [3.63, 3.8) is 0 Å². The zero-order chi connectivity index (χ0) is 14.2. The van der Waals surface area contributed by atoms with Crippen molar-refractivity contribution in [2.45, 2.75) is 41.5 Å². The van der Waals surface area contributed by atoms with Crippen LogP contribution in [0.15, 0.2) is 24.3 Å². The molecule has 0 nitrogen and oxygen atoms in total. The molecule has 0 spiro atoms. The Morgan fingerprint density at radius 1 is 0.526 bits per heavy atom. The zero-order valence-electron chi connectivity index (χ0n) is 12.8. The van der Waals surface area contributed by atoms with Crippen LogP contribution in [0, 0.1) is 41.5 Å². The van der Waals surface area contributed by atoms with Crippen LogP contribution in [0.2, 0.25) is 0 Å². The highest BCUT2D eigenvalue weighted by atomic mass is 28.2. The largest absolute Gasteiger partial charge is 0.395 e. The molecule has 0 saturated carbocycles. The topological polar surface area (TPSA) is 0 Å². The van der Waals surface area contributed by atoms with Crippen LogP contribution >= 0.6 is 0 Å². The van der Waals surface area contributed by atoms with Crippen LogP contribution in [0.5, 0.6) is 0 Å². The van der Waals surface area contributed by atoms with E-state index in [9.17, 15) is 0 Å². The molecule has 99 valence electrons. The molecule has 2 aromatic carbocycles. The second-order valence-corrected chi connectivity index (χ2v) is 6.92. The minimum Gasteiger partial charge on any atom is -0.395 e. The molecule has 1 heteroatoms. The molecule has 0 bridgehead atoms. The molecule has 0 N–H and O–H groups in total. The van der Waals surface area contributed by atoms with Crippen LogP contribution < -0.4 is 10.4 Å². The number of hydrogen-bond acceptors (Lipinski definition) is 0. The monoisotopic (exact) mass is 266 g/mol. The normalized spacial score (nSPS) is 10.6. The van der Waals surface area contributed by atoms with Gasteiger partial charge in [-0.15, -0.1) is 0 Å². The second-order valence-electron chi connectivity index (χ2n) is 5.67. The van der Waals surface area contributed by atoms with Crippen molar-refractivity contribution in [2.75, 3.05) is 0 Å². The second kappa shape index (κ2) is 5.34. The van der Waals surface area contributed by atoms with Gasteiger partial charge in [-0.05, 0) is 41.5 Å². The van der Waals surface area contributed by atoms with Crippen molar-refractivity contribution in [3.05, 3.63) is 57.6 Å². The van der Waals surface area contributed by atoms with Gasteiger partial charge >= 0.3 is 0 Å². The fraction of sp³-hybridized carbons (Fsp3) is 0.333. The summed E-state index contributed by atoms with van der Waals surface area (Å²) in [5.41, 5.74) is 8.43. The van der Waals surface area contributed by atoms with Gasteiger partial charge in [0.15, 0.2) is 0 Å². The zero-order valence-corrected chi connectivity index (χ0v) is 13.8. The van der Waals surface area contributed by atoms with Crippen LogP contribution in [0.4, 0.5) is 0 Å². The van der Waals surface area contributed by atoms with Gasteiger partial charge in [-0.3, -0.25) is 0 Å². The molecule has 0 atom stereocenters. The van der Waals surface area contributed by atoms with Crippen LogP contribution in [0.25, 0.3) is 0 Å². The van der Waals surface area contributed by atoms with Gasteiger partial charge in [0.25, 0.3) is 0 Å². The Kier molecular flexibility index (Phi) is 3.95. The molecule has 0 heterocycles. The van der Waals surface area contributed by atoms with Crippen molar-refractivity contribution >= 4 is 19.9 Å². The third-order valence-corrected chi connectivity index (χ3v) is 5.68. The van der Waals surface area contributed by atoms with Crippen molar-refractivity contribution in [3.8, 4) is 0 Å². The van der Waals surface area contributed by atoms with Gasteiger partial charge in [-0.2, -0.15) is 0 Å². The van der Waals surface area contributed by atoms with Gasteiger partial charge in [-0.1, -0.05) is 57.6 Å². The molecule has 0 saturated heterocycles. The van der Waals surface area contributed by atoms with Crippen LogP contribution in [0.1, 0.15) is 33.4 Å². The summed E-state index contributed by atoms with van der Waals surface area (Å²) in [5.74, 6) is 0. The lowest BCUT2D eigenvalue weighted by atomic mass is 10.1. The molecule has 19 heavy (non-hydrogen) atoms. The SMILES string of the molecule is Cc1cc(C)c([Si-]c2c(C)cc(C)cc2C)c(C)c1. The first-order chi connectivity index (χ1) is 8.88. The molecule has 2 aromatic rings. The van der Waals surface area contributed by atoms with Crippen LogP contribution in [0.3, 0.4) is 0 Å². The van der Waals surface area contributed by atoms with Crippen LogP contribution in [-0.4, -0.2) is 9.52 Å². The van der Waals surface area contributed by atoms with Crippen molar-refractivity contribution in [1.29, 1.82) is 0 Å². The summed E-state index contributed by atoms with van der Waals surface area (Å²) in [6.07, 6.45) is 0. The summed E-state index contributed by atoms with van der Waals surface area (Å²) < 4.78 is 0. The highest BCUT2D eigenvalue weighted by molar-refractivity contribution is 6.69. The molecule has 0 aliphatic carbocycles. The van der Waals surface area contributed by atoms with Gasteiger partial charge in [-0.25, -0.2) is 10.4 Å².